The molecular formula is C44H67N3O11. The Morgan fingerprint density at radius 2 is 1.69 bits per heavy atom. The van der Waals surface area contributed by atoms with Gasteiger partial charge in [0.2, 0.25) is 0 Å². The van der Waals surface area contributed by atoms with Gasteiger partial charge in [-0.15, -0.1) is 0 Å². The highest BCUT2D eigenvalue weighted by molar-refractivity contribution is 5.97. The molecule has 14 nitrogen and oxygen atoms in total. The first-order valence-electron chi connectivity index (χ1n) is 20.5. The van der Waals surface area contributed by atoms with Crippen LogP contribution in [0.3, 0.4) is 0 Å². The Bertz CT molecular complexity index is 1680. The van der Waals surface area contributed by atoms with Crippen LogP contribution in [-0.2, 0) is 39.7 Å². The van der Waals surface area contributed by atoms with Crippen molar-refractivity contribution in [1.82, 2.24) is 4.90 Å². The van der Waals surface area contributed by atoms with Crippen molar-refractivity contribution in [2.75, 3.05) is 21.2 Å². The molecule has 0 saturated carbocycles. The van der Waals surface area contributed by atoms with Gasteiger partial charge in [0.1, 0.15) is 35.4 Å². The van der Waals surface area contributed by atoms with Crippen LogP contribution in [0.15, 0.2) is 63.3 Å². The van der Waals surface area contributed by atoms with Crippen LogP contribution in [0.1, 0.15) is 92.9 Å². The predicted molar refractivity (Wildman–Crippen MR) is 219 cm³/mol. The number of cyclic esters (lactones) is 1. The van der Waals surface area contributed by atoms with Gasteiger partial charge in [0.05, 0.1) is 42.5 Å². The molecule has 14 heteroatoms. The van der Waals surface area contributed by atoms with Gasteiger partial charge >= 0.3 is 11.9 Å². The minimum atomic E-state index is -1.94. The molecule has 1 aromatic heterocycles. The molecule has 58 heavy (non-hydrogen) atoms. The molecule has 3 heterocycles. The van der Waals surface area contributed by atoms with Crippen molar-refractivity contribution >= 4 is 23.4 Å². The van der Waals surface area contributed by atoms with E-state index in [2.05, 4.69) is 5.10 Å². The molecule has 0 radical (unpaired) electrons. The van der Waals surface area contributed by atoms with Crippen LogP contribution in [0.5, 0.6) is 0 Å². The van der Waals surface area contributed by atoms with E-state index in [9.17, 15) is 24.9 Å². The van der Waals surface area contributed by atoms with Crippen molar-refractivity contribution < 1.29 is 53.0 Å². The molecule has 324 valence electrons. The number of hydrogen-bond donors (Lipinski definition) is 3. The lowest BCUT2D eigenvalue weighted by atomic mass is 9.73. The van der Waals surface area contributed by atoms with E-state index >= 15 is 0 Å². The zero-order chi connectivity index (χ0) is 43.1. The summed E-state index contributed by atoms with van der Waals surface area (Å²) in [5, 5.41) is 44.9. The number of carbonyl (C=O) groups excluding carboxylic acids is 2. The minimum Gasteiger partial charge on any atom is -0.463 e. The molecule has 2 fully saturated rings. The molecule has 1 aromatic carbocycles. The van der Waals surface area contributed by atoms with Gasteiger partial charge < -0.3 is 48.3 Å². The third-order valence-electron chi connectivity index (χ3n) is 12.2. The highest BCUT2D eigenvalue weighted by atomic mass is 16.7. The van der Waals surface area contributed by atoms with Gasteiger partial charge in [-0.2, -0.15) is 10.2 Å². The Morgan fingerprint density at radius 3 is 2.28 bits per heavy atom. The maximum atomic E-state index is 14.3. The molecule has 0 amide bonds. The van der Waals surface area contributed by atoms with E-state index in [1.54, 1.807) is 46.9 Å². The van der Waals surface area contributed by atoms with Gasteiger partial charge in [-0.25, -0.2) is 0 Å². The van der Waals surface area contributed by atoms with Crippen LogP contribution in [-0.4, -0.2) is 125 Å². The molecular weight excluding hydrogens is 746 g/mol. The standard InChI is InChI=1S/C44H67N3O11/c1-13-34-44(9,52)39(50)27(4)36(46-45-30(7)33-20-17-21-54-33)25(2)24-43(8,53-12)40(58-42-37(49)32(47(10)11)22-26(3)55-42)28(5)38(29(6)41(51)56-34)57-35(48)23-31-18-15-14-16-19-31/h14-21,25-29,32,34,37-40,42,49-50,52H,13,22-24H2,1-12H3/b45-30+,46-36+/t25-,26?,27+,28+,29-,32?,34-,37?,38+,39-,40-,42?,43-,44-/m1/s1. The van der Waals surface area contributed by atoms with Crippen LogP contribution < -0.4 is 0 Å². The predicted octanol–water partition coefficient (Wildman–Crippen LogP) is 5.20. The number of hydrogen-bond acceptors (Lipinski definition) is 14. The fraction of sp³-hybridized carbons (Fsp3) is 0.682. The van der Waals surface area contributed by atoms with Crippen LogP contribution >= 0.6 is 0 Å². The number of ether oxygens (including phenoxy) is 5. The smallest absolute Gasteiger partial charge is 0.312 e. The highest BCUT2D eigenvalue weighted by Crippen LogP contribution is 2.40. The monoisotopic (exact) mass is 813 g/mol. The van der Waals surface area contributed by atoms with Gasteiger partial charge in [-0.3, -0.25) is 9.59 Å². The van der Waals surface area contributed by atoms with Gasteiger partial charge in [0.25, 0.3) is 0 Å². The lowest BCUT2D eigenvalue weighted by Crippen LogP contribution is -2.60. The number of nitrogens with zero attached hydrogens (tertiary/aromatic N) is 3. The molecule has 3 N–H and O–H groups in total. The first-order valence-corrected chi connectivity index (χ1v) is 20.5. The van der Waals surface area contributed by atoms with Crippen LogP contribution in [0, 0.1) is 23.7 Å². The maximum absolute atomic E-state index is 14.3. The number of benzene rings is 1. The molecule has 4 rings (SSSR count). The molecule has 14 atom stereocenters. The second-order valence-electron chi connectivity index (χ2n) is 17.0. The van der Waals surface area contributed by atoms with Gasteiger partial charge in [0, 0.05) is 30.7 Å². The van der Waals surface area contributed by atoms with E-state index in [0.717, 1.165) is 5.56 Å². The summed E-state index contributed by atoms with van der Waals surface area (Å²) >= 11 is 0. The van der Waals surface area contributed by atoms with Crippen molar-refractivity contribution in [3.05, 3.63) is 60.1 Å². The first-order chi connectivity index (χ1) is 27.2. The lowest BCUT2D eigenvalue weighted by Gasteiger charge is -2.48. The van der Waals surface area contributed by atoms with Gasteiger partial charge in [-0.1, -0.05) is 58.0 Å². The highest BCUT2D eigenvalue weighted by Gasteiger charge is 2.52. The van der Waals surface area contributed by atoms with E-state index < -0.39 is 83.6 Å². The number of carbonyl (C=O) groups is 2. The Balaban J connectivity index is 1.91. The van der Waals surface area contributed by atoms with Gasteiger partial charge in [-0.05, 0) is 91.6 Å². The molecule has 4 unspecified atom stereocenters. The van der Waals surface area contributed by atoms with E-state index in [1.165, 1.54) is 13.2 Å². The largest absolute Gasteiger partial charge is 0.463 e. The first kappa shape index (κ1) is 47.2. The summed E-state index contributed by atoms with van der Waals surface area (Å²) < 4.78 is 37.5. The Hall–Kier alpha value is -3.50. The SMILES string of the molecule is CC[C@H]1OC(=O)[C@H](C)[C@@H](OC(=O)Cc2ccccc2)[C@H](C)[C@@H](OC2OC(C)CC(N(C)C)C2O)[C@](C)(OC)C[C@@H](C)/C(=N\N=C(/C)c2ccco2)[C@H](C)[C@@H](O)[C@]1(C)O. The summed E-state index contributed by atoms with van der Waals surface area (Å²) in [6.45, 7) is 15.8. The summed E-state index contributed by atoms with van der Waals surface area (Å²) in [4.78, 5) is 30.0. The summed E-state index contributed by atoms with van der Waals surface area (Å²) in [6, 6.07) is 12.3. The molecule has 2 aliphatic heterocycles. The fourth-order valence-electron chi connectivity index (χ4n) is 8.61. The number of aliphatic hydroxyl groups excluding tert-OH is 2. The molecule has 2 aromatic rings. The van der Waals surface area contributed by atoms with Crippen molar-refractivity contribution in [3.63, 3.8) is 0 Å². The zero-order valence-corrected chi connectivity index (χ0v) is 36.3. The normalized spacial score (nSPS) is 38.0. The fourth-order valence-corrected chi connectivity index (χ4v) is 8.61. The van der Waals surface area contributed by atoms with Crippen LogP contribution in [0.25, 0.3) is 0 Å². The van der Waals surface area contributed by atoms with Crippen LogP contribution in [0.2, 0.25) is 0 Å². The molecule has 2 aliphatic rings. The van der Waals surface area contributed by atoms with Crippen molar-refractivity contribution in [2.45, 2.75) is 148 Å². The molecule has 0 bridgehead atoms. The third kappa shape index (κ3) is 11.0. The van der Waals surface area contributed by atoms with Gasteiger partial charge in [0.15, 0.2) is 6.29 Å². The minimum absolute atomic E-state index is 0.0590. The average Bonchev–Trinajstić information content (AvgIpc) is 3.73. The maximum Gasteiger partial charge on any atom is 0.312 e. The number of methoxy groups -OCH3 is 1. The average molecular weight is 814 g/mol. The van der Waals surface area contributed by atoms with E-state index in [1.807, 2.05) is 77.0 Å². The van der Waals surface area contributed by atoms with E-state index in [4.69, 9.17) is 33.2 Å². The Kier molecular flexibility index (Phi) is 16.4. The second-order valence-corrected chi connectivity index (χ2v) is 17.0. The quantitative estimate of drug-likeness (QED) is 0.162. The summed E-state index contributed by atoms with van der Waals surface area (Å²) in [6.07, 6.45) is -4.81. The molecule has 2 saturated heterocycles. The van der Waals surface area contributed by atoms with Crippen molar-refractivity contribution in [1.29, 1.82) is 0 Å². The van der Waals surface area contributed by atoms with Crippen molar-refractivity contribution in [3.8, 4) is 0 Å². The number of furan rings is 1. The lowest BCUT2D eigenvalue weighted by molar-refractivity contribution is -0.301. The number of aliphatic hydroxyl groups is 3. The molecule has 0 spiro atoms. The zero-order valence-electron chi connectivity index (χ0n) is 36.3. The van der Waals surface area contributed by atoms with Crippen molar-refractivity contribution in [2.24, 2.45) is 33.9 Å². The van der Waals surface area contributed by atoms with E-state index in [-0.39, 0.29) is 31.4 Å². The summed E-state index contributed by atoms with van der Waals surface area (Å²) in [7, 11) is 5.31. The Labute approximate surface area is 343 Å². The topological polar surface area (TPSA) is 182 Å². The van der Waals surface area contributed by atoms with Crippen LogP contribution in [0.4, 0.5) is 0 Å². The molecule has 0 aliphatic carbocycles. The number of rotatable bonds is 10. The summed E-state index contributed by atoms with van der Waals surface area (Å²) in [5.74, 6) is -3.96. The van der Waals surface area contributed by atoms with E-state index in [0.29, 0.717) is 23.6 Å². The summed E-state index contributed by atoms with van der Waals surface area (Å²) in [5.41, 5.74) is -1.54. The third-order valence-corrected chi connectivity index (χ3v) is 12.2. The Morgan fingerprint density at radius 1 is 1.02 bits per heavy atom. The second kappa shape index (κ2) is 20.2. The number of likely N-dealkylation sites (N-methyl/N-ethyl adjacent to an activating group) is 1. The number of esters is 2.